The molecule has 3 aromatic rings. The van der Waals surface area contributed by atoms with Gasteiger partial charge < -0.3 is 10.1 Å². The minimum atomic E-state index is -3.94. The van der Waals surface area contributed by atoms with Gasteiger partial charge in [-0.1, -0.05) is 54.4 Å². The van der Waals surface area contributed by atoms with E-state index in [9.17, 15) is 13.2 Å². The van der Waals surface area contributed by atoms with Crippen molar-refractivity contribution < 1.29 is 17.9 Å². The summed E-state index contributed by atoms with van der Waals surface area (Å²) in [7, 11) is -2.34. The maximum atomic E-state index is 13.5. The highest BCUT2D eigenvalue weighted by Gasteiger charge is 2.28. The van der Waals surface area contributed by atoms with Gasteiger partial charge in [-0.3, -0.25) is 9.10 Å². The Kier molecular flexibility index (Phi) is 7.76. The number of ether oxygens (including phenoxy) is 1. The second-order valence-electron chi connectivity index (χ2n) is 7.96. The maximum absolute atomic E-state index is 13.5. The van der Waals surface area contributed by atoms with Gasteiger partial charge in [0.25, 0.3) is 10.0 Å². The summed E-state index contributed by atoms with van der Waals surface area (Å²) in [6.45, 7) is 5.46. The molecule has 0 saturated carbocycles. The quantitative estimate of drug-likeness (QED) is 0.493. The molecule has 0 heterocycles. The van der Waals surface area contributed by atoms with Crippen molar-refractivity contribution in [3.8, 4) is 5.75 Å². The lowest BCUT2D eigenvalue weighted by Gasteiger charge is -2.26. The van der Waals surface area contributed by atoms with Crippen LogP contribution in [0.25, 0.3) is 0 Å². The molecule has 6 nitrogen and oxygen atoms in total. The van der Waals surface area contributed by atoms with Crippen molar-refractivity contribution in [1.29, 1.82) is 0 Å². The van der Waals surface area contributed by atoms with Gasteiger partial charge in [-0.15, -0.1) is 0 Å². The first-order valence-corrected chi connectivity index (χ1v) is 12.3. The minimum absolute atomic E-state index is 0.142. The molecule has 7 heteroatoms. The zero-order valence-corrected chi connectivity index (χ0v) is 20.2. The van der Waals surface area contributed by atoms with Crippen LogP contribution in [0.1, 0.15) is 36.1 Å². The standard InChI is InChI=1S/C26H30N2O4S/c1-5-25(21-10-14-23(32-4)15-11-21)27-26(29)18-28(22-12-6-19(2)7-13-22)33(30,31)24-16-8-20(3)9-17-24/h6-17,25H,5,18H2,1-4H3,(H,27,29)/t25-/m1/s1. The van der Waals surface area contributed by atoms with Crippen molar-refractivity contribution in [3.63, 3.8) is 0 Å². The van der Waals surface area contributed by atoms with Crippen LogP contribution in [-0.4, -0.2) is 28.0 Å². The fourth-order valence-electron chi connectivity index (χ4n) is 3.49. The average molecular weight is 467 g/mol. The first-order chi connectivity index (χ1) is 15.7. The number of hydrogen-bond donors (Lipinski definition) is 1. The number of nitrogens with one attached hydrogen (secondary N) is 1. The second kappa shape index (κ2) is 10.5. The normalized spacial score (nSPS) is 12.1. The summed E-state index contributed by atoms with van der Waals surface area (Å²) in [6, 6.07) is 20.9. The number of carbonyl (C=O) groups is 1. The number of carbonyl (C=O) groups excluding carboxylic acids is 1. The van der Waals surface area contributed by atoms with E-state index >= 15 is 0 Å². The van der Waals surface area contributed by atoms with E-state index < -0.39 is 10.0 Å². The van der Waals surface area contributed by atoms with Crippen LogP contribution in [0.15, 0.2) is 77.7 Å². The molecule has 0 fully saturated rings. The van der Waals surface area contributed by atoms with E-state index in [4.69, 9.17) is 4.74 Å². The maximum Gasteiger partial charge on any atom is 0.264 e. The number of methoxy groups -OCH3 is 1. The van der Waals surface area contributed by atoms with Crippen molar-refractivity contribution in [2.75, 3.05) is 18.0 Å². The summed E-state index contributed by atoms with van der Waals surface area (Å²) in [5, 5.41) is 2.98. The third kappa shape index (κ3) is 5.93. The van der Waals surface area contributed by atoms with Crippen LogP contribution in [0.3, 0.4) is 0 Å². The van der Waals surface area contributed by atoms with E-state index in [2.05, 4.69) is 5.32 Å². The Morgan fingerprint density at radius 2 is 1.45 bits per heavy atom. The molecule has 1 amide bonds. The molecular formula is C26H30N2O4S. The summed E-state index contributed by atoms with van der Waals surface area (Å²) >= 11 is 0. The Balaban J connectivity index is 1.88. The highest BCUT2D eigenvalue weighted by Crippen LogP contribution is 2.25. The Labute approximate surface area is 196 Å². The van der Waals surface area contributed by atoms with Gasteiger partial charge in [-0.25, -0.2) is 8.42 Å². The van der Waals surface area contributed by atoms with Crippen LogP contribution in [0.4, 0.5) is 5.69 Å². The number of amides is 1. The summed E-state index contributed by atoms with van der Waals surface area (Å²) in [6.07, 6.45) is 0.660. The average Bonchev–Trinajstić information content (AvgIpc) is 2.82. The van der Waals surface area contributed by atoms with Crippen molar-refractivity contribution in [1.82, 2.24) is 5.32 Å². The fraction of sp³-hybridized carbons (Fsp3) is 0.269. The summed E-state index contributed by atoms with van der Waals surface area (Å²) in [4.78, 5) is 13.2. The zero-order valence-electron chi connectivity index (χ0n) is 19.4. The summed E-state index contributed by atoms with van der Waals surface area (Å²) in [5.41, 5.74) is 3.32. The molecule has 1 atom stereocenters. The minimum Gasteiger partial charge on any atom is -0.497 e. The molecule has 0 aliphatic rings. The Morgan fingerprint density at radius 1 is 0.909 bits per heavy atom. The van der Waals surface area contributed by atoms with Crippen molar-refractivity contribution in [3.05, 3.63) is 89.5 Å². The van der Waals surface area contributed by atoms with Gasteiger partial charge in [-0.2, -0.15) is 0 Å². The van der Waals surface area contributed by atoms with Gasteiger partial charge in [0.1, 0.15) is 12.3 Å². The highest BCUT2D eigenvalue weighted by atomic mass is 32.2. The highest BCUT2D eigenvalue weighted by molar-refractivity contribution is 7.92. The zero-order chi connectivity index (χ0) is 24.0. The lowest BCUT2D eigenvalue weighted by molar-refractivity contribution is -0.120. The molecule has 0 aliphatic carbocycles. The van der Waals surface area contributed by atoms with Crippen LogP contribution in [0.2, 0.25) is 0 Å². The third-order valence-corrected chi connectivity index (χ3v) is 7.27. The molecule has 3 rings (SSSR count). The fourth-order valence-corrected chi connectivity index (χ4v) is 4.91. The van der Waals surface area contributed by atoms with E-state index in [-0.39, 0.29) is 23.4 Å². The molecule has 3 aromatic carbocycles. The van der Waals surface area contributed by atoms with Crippen LogP contribution in [-0.2, 0) is 14.8 Å². The lowest BCUT2D eigenvalue weighted by atomic mass is 10.0. The molecule has 0 aromatic heterocycles. The van der Waals surface area contributed by atoms with E-state index in [0.717, 1.165) is 26.7 Å². The topological polar surface area (TPSA) is 75.7 Å². The number of anilines is 1. The lowest BCUT2D eigenvalue weighted by Crippen LogP contribution is -2.42. The number of aryl methyl sites for hydroxylation is 2. The number of rotatable bonds is 9. The number of hydrogen-bond acceptors (Lipinski definition) is 4. The molecule has 1 N–H and O–H groups in total. The Morgan fingerprint density at radius 3 is 1.97 bits per heavy atom. The summed E-state index contributed by atoms with van der Waals surface area (Å²) in [5.74, 6) is 0.351. The smallest absolute Gasteiger partial charge is 0.264 e. The van der Waals surface area contributed by atoms with Crippen molar-refractivity contribution in [2.24, 2.45) is 0 Å². The number of benzene rings is 3. The van der Waals surface area contributed by atoms with Gasteiger partial charge in [0, 0.05) is 0 Å². The monoisotopic (exact) mass is 466 g/mol. The molecule has 0 bridgehead atoms. The second-order valence-corrected chi connectivity index (χ2v) is 9.82. The van der Waals surface area contributed by atoms with Crippen LogP contribution >= 0.6 is 0 Å². The van der Waals surface area contributed by atoms with Gasteiger partial charge in [0.05, 0.1) is 23.7 Å². The Hall–Kier alpha value is -3.32. The SMILES string of the molecule is CC[C@@H](NC(=O)CN(c1ccc(C)cc1)S(=O)(=O)c1ccc(C)cc1)c1ccc(OC)cc1. The number of nitrogens with zero attached hydrogens (tertiary/aromatic N) is 1. The molecule has 0 radical (unpaired) electrons. The van der Waals surface area contributed by atoms with Crippen LogP contribution < -0.4 is 14.4 Å². The van der Waals surface area contributed by atoms with Gasteiger partial charge in [-0.05, 0) is 62.2 Å². The van der Waals surface area contributed by atoms with Crippen molar-refractivity contribution >= 4 is 21.6 Å². The molecular weight excluding hydrogens is 436 g/mol. The van der Waals surface area contributed by atoms with Gasteiger partial charge in [0.15, 0.2) is 0 Å². The Bertz CT molecular complexity index is 1170. The van der Waals surface area contributed by atoms with E-state index in [1.54, 1.807) is 43.5 Å². The predicted octanol–water partition coefficient (Wildman–Crippen LogP) is 4.77. The molecule has 0 spiro atoms. The summed E-state index contributed by atoms with van der Waals surface area (Å²) < 4.78 is 33.3. The largest absolute Gasteiger partial charge is 0.497 e. The molecule has 0 saturated heterocycles. The number of sulfonamides is 1. The first-order valence-electron chi connectivity index (χ1n) is 10.8. The van der Waals surface area contributed by atoms with Crippen LogP contribution in [0.5, 0.6) is 5.75 Å². The molecule has 174 valence electrons. The molecule has 0 unspecified atom stereocenters. The van der Waals surface area contributed by atoms with E-state index in [1.807, 2.05) is 57.2 Å². The van der Waals surface area contributed by atoms with E-state index in [0.29, 0.717) is 12.1 Å². The van der Waals surface area contributed by atoms with Crippen molar-refractivity contribution in [2.45, 2.75) is 38.1 Å². The van der Waals surface area contributed by atoms with Gasteiger partial charge >= 0.3 is 0 Å². The molecule has 0 aliphatic heterocycles. The van der Waals surface area contributed by atoms with E-state index in [1.165, 1.54) is 0 Å². The first kappa shape index (κ1) is 24.3. The third-order valence-electron chi connectivity index (χ3n) is 5.48. The van der Waals surface area contributed by atoms with Crippen LogP contribution in [0, 0.1) is 13.8 Å². The van der Waals surface area contributed by atoms with Gasteiger partial charge in [0.2, 0.25) is 5.91 Å². The molecule has 33 heavy (non-hydrogen) atoms. The predicted molar refractivity (Wildman–Crippen MR) is 131 cm³/mol.